The molecular formula is C35H42BrN3O4S. The standard InChI is InChI=1S/C35H42BrN3O4S/c1-5-18-37(25-16-9-7-10-17-25)32(41)27-28-33(42)39(20-11-8-12-21-40)31(35(28)22-26(36)30(27)44-35)34(43)38(19-6-2)29-23(3)14-13-15-24(29)4/h5-7,9-10,13-17,26-28,30-31,40H,1-2,8,11-12,18-22H2,3-4H3/t26?,27-,28+,30-,31?,35?/m1/s1. The Kier molecular flexibility index (Phi) is 10.1. The van der Waals surface area contributed by atoms with E-state index in [1.807, 2.05) is 62.4 Å². The van der Waals surface area contributed by atoms with Gasteiger partial charge in [0.1, 0.15) is 6.04 Å². The van der Waals surface area contributed by atoms with Crippen LogP contribution in [0.3, 0.4) is 0 Å². The summed E-state index contributed by atoms with van der Waals surface area (Å²) < 4.78 is -0.753. The van der Waals surface area contributed by atoms with Crippen molar-refractivity contribution in [1.29, 1.82) is 0 Å². The fourth-order valence-electron chi connectivity index (χ4n) is 7.54. The molecule has 3 heterocycles. The van der Waals surface area contributed by atoms with Crippen molar-refractivity contribution in [2.24, 2.45) is 11.8 Å². The molecule has 2 bridgehead atoms. The van der Waals surface area contributed by atoms with Crippen LogP contribution in [0.15, 0.2) is 73.8 Å². The van der Waals surface area contributed by atoms with Gasteiger partial charge in [-0.3, -0.25) is 14.4 Å². The van der Waals surface area contributed by atoms with Crippen molar-refractivity contribution < 1.29 is 19.5 Å². The molecule has 3 amide bonds. The number of rotatable bonds is 13. The third-order valence-electron chi connectivity index (χ3n) is 9.30. The Morgan fingerprint density at radius 1 is 1.00 bits per heavy atom. The van der Waals surface area contributed by atoms with E-state index >= 15 is 0 Å². The maximum Gasteiger partial charge on any atom is 0.251 e. The Balaban J connectivity index is 1.59. The lowest BCUT2D eigenvalue weighted by molar-refractivity contribution is -0.139. The molecule has 3 aliphatic heterocycles. The van der Waals surface area contributed by atoms with Gasteiger partial charge in [0.15, 0.2) is 0 Å². The first-order valence-corrected chi connectivity index (χ1v) is 17.2. The quantitative estimate of drug-likeness (QED) is 0.168. The number of amides is 3. The number of unbranched alkanes of at least 4 members (excludes halogenated alkanes) is 2. The van der Waals surface area contributed by atoms with E-state index in [2.05, 4.69) is 29.1 Å². The third-order valence-corrected chi connectivity index (χ3v) is 12.5. The minimum atomic E-state index is -0.753. The van der Waals surface area contributed by atoms with Gasteiger partial charge in [0.25, 0.3) is 5.91 Å². The molecule has 2 aromatic carbocycles. The van der Waals surface area contributed by atoms with Crippen molar-refractivity contribution in [2.45, 2.75) is 60.4 Å². The summed E-state index contributed by atoms with van der Waals surface area (Å²) in [5, 5.41) is 9.24. The highest BCUT2D eigenvalue weighted by Crippen LogP contribution is 2.68. The minimum Gasteiger partial charge on any atom is -0.396 e. The number of hydrogen-bond donors (Lipinski definition) is 1. The van der Waals surface area contributed by atoms with Crippen molar-refractivity contribution in [3.05, 3.63) is 85.0 Å². The molecule has 234 valence electrons. The summed E-state index contributed by atoms with van der Waals surface area (Å²) in [4.78, 5) is 49.3. The maximum atomic E-state index is 15.0. The monoisotopic (exact) mass is 679 g/mol. The number of para-hydroxylation sites is 2. The van der Waals surface area contributed by atoms with Crippen molar-refractivity contribution in [3.8, 4) is 0 Å². The first kappa shape index (κ1) is 32.5. The van der Waals surface area contributed by atoms with Crippen LogP contribution in [0.4, 0.5) is 11.4 Å². The molecule has 5 rings (SSSR count). The number of aryl methyl sites for hydroxylation is 2. The van der Waals surface area contributed by atoms with Gasteiger partial charge in [-0.1, -0.05) is 64.5 Å². The molecule has 2 aromatic rings. The van der Waals surface area contributed by atoms with Crippen LogP contribution in [0, 0.1) is 25.7 Å². The lowest BCUT2D eigenvalue weighted by Gasteiger charge is -2.39. The van der Waals surface area contributed by atoms with Crippen LogP contribution in [0.5, 0.6) is 0 Å². The molecule has 0 aromatic heterocycles. The third kappa shape index (κ3) is 5.56. The number of likely N-dealkylation sites (tertiary alicyclic amines) is 1. The van der Waals surface area contributed by atoms with Crippen LogP contribution in [0.25, 0.3) is 0 Å². The van der Waals surface area contributed by atoms with E-state index in [4.69, 9.17) is 0 Å². The summed E-state index contributed by atoms with van der Waals surface area (Å²) in [6, 6.07) is 14.7. The molecule has 6 atom stereocenters. The lowest BCUT2D eigenvalue weighted by Crippen LogP contribution is -2.56. The zero-order valence-electron chi connectivity index (χ0n) is 25.5. The fraction of sp³-hybridized carbons (Fsp3) is 0.457. The smallest absolute Gasteiger partial charge is 0.251 e. The number of aliphatic hydroxyl groups excluding tert-OH is 1. The van der Waals surface area contributed by atoms with E-state index in [1.54, 1.807) is 38.6 Å². The van der Waals surface area contributed by atoms with E-state index in [0.29, 0.717) is 38.9 Å². The molecule has 0 saturated carbocycles. The van der Waals surface area contributed by atoms with Gasteiger partial charge in [-0.15, -0.1) is 24.9 Å². The van der Waals surface area contributed by atoms with Gasteiger partial charge in [-0.05, 0) is 62.8 Å². The Bertz CT molecular complexity index is 1400. The van der Waals surface area contributed by atoms with Crippen LogP contribution in [0.1, 0.15) is 36.8 Å². The number of anilines is 2. The summed E-state index contributed by atoms with van der Waals surface area (Å²) >= 11 is 5.55. The maximum absolute atomic E-state index is 15.0. The number of nitrogens with zero attached hydrogens (tertiary/aromatic N) is 3. The highest BCUT2D eigenvalue weighted by molar-refractivity contribution is 9.09. The topological polar surface area (TPSA) is 81.2 Å². The van der Waals surface area contributed by atoms with Crippen molar-refractivity contribution in [2.75, 3.05) is 36.0 Å². The van der Waals surface area contributed by atoms with Gasteiger partial charge >= 0.3 is 0 Å². The molecule has 3 unspecified atom stereocenters. The predicted octanol–water partition coefficient (Wildman–Crippen LogP) is 5.67. The molecule has 1 N–H and O–H groups in total. The first-order valence-electron chi connectivity index (χ1n) is 15.4. The number of carbonyl (C=O) groups is 3. The van der Waals surface area contributed by atoms with Gasteiger partial charge in [0.05, 0.1) is 16.6 Å². The van der Waals surface area contributed by atoms with Gasteiger partial charge in [-0.25, -0.2) is 0 Å². The fourth-order valence-corrected chi connectivity index (χ4v) is 11.1. The number of hydrogen-bond acceptors (Lipinski definition) is 5. The number of carbonyl (C=O) groups excluding carboxylic acids is 3. The molecular weight excluding hydrogens is 638 g/mol. The molecule has 0 aliphatic carbocycles. The molecule has 3 saturated heterocycles. The molecule has 0 radical (unpaired) electrons. The Hall–Kier alpha value is -2.88. The number of thioether (sulfide) groups is 1. The van der Waals surface area contributed by atoms with Crippen LogP contribution in [-0.4, -0.2) is 74.8 Å². The molecule has 9 heteroatoms. The van der Waals surface area contributed by atoms with Crippen molar-refractivity contribution >= 4 is 56.8 Å². The van der Waals surface area contributed by atoms with Gasteiger partial charge < -0.3 is 19.8 Å². The summed E-state index contributed by atoms with van der Waals surface area (Å²) in [6.45, 7) is 13.0. The van der Waals surface area contributed by atoms with Crippen LogP contribution < -0.4 is 9.80 Å². The van der Waals surface area contributed by atoms with Gasteiger partial charge in [0, 0.05) is 47.7 Å². The predicted molar refractivity (Wildman–Crippen MR) is 182 cm³/mol. The molecule has 1 spiro atoms. The van der Waals surface area contributed by atoms with Gasteiger partial charge in [0.2, 0.25) is 11.8 Å². The van der Waals surface area contributed by atoms with E-state index < -0.39 is 22.6 Å². The SMILES string of the molecule is C=CCN(C(=O)[C@H]1[C@@H]2SC3(CC2Br)C(C(=O)N(CC=C)c2c(C)cccc2C)N(CCCCCO)C(=O)[C@H]13)c1ccccc1. The second-order valence-corrected chi connectivity index (χ2v) is 14.7. The second-order valence-electron chi connectivity index (χ2n) is 12.0. The molecule has 7 nitrogen and oxygen atoms in total. The minimum absolute atomic E-state index is 0.0236. The Labute approximate surface area is 273 Å². The highest BCUT2D eigenvalue weighted by Gasteiger charge is 2.76. The first-order chi connectivity index (χ1) is 21.2. The summed E-state index contributed by atoms with van der Waals surface area (Å²) in [5.74, 6) is -1.57. The van der Waals surface area contributed by atoms with Crippen LogP contribution in [-0.2, 0) is 14.4 Å². The number of alkyl halides is 1. The number of benzene rings is 2. The zero-order chi connectivity index (χ0) is 31.6. The summed E-state index contributed by atoms with van der Waals surface area (Å²) in [5.41, 5.74) is 3.56. The summed E-state index contributed by atoms with van der Waals surface area (Å²) in [7, 11) is 0. The van der Waals surface area contributed by atoms with Gasteiger partial charge in [-0.2, -0.15) is 0 Å². The molecule has 3 aliphatic rings. The van der Waals surface area contributed by atoms with Crippen LogP contribution in [0.2, 0.25) is 0 Å². The zero-order valence-corrected chi connectivity index (χ0v) is 27.9. The Morgan fingerprint density at radius 3 is 2.30 bits per heavy atom. The second kappa shape index (κ2) is 13.6. The van der Waals surface area contributed by atoms with E-state index in [0.717, 1.165) is 28.9 Å². The number of halogens is 1. The van der Waals surface area contributed by atoms with E-state index in [9.17, 15) is 19.5 Å². The molecule has 3 fully saturated rings. The highest BCUT2D eigenvalue weighted by atomic mass is 79.9. The lowest BCUT2D eigenvalue weighted by atomic mass is 9.70. The normalized spacial score (nSPS) is 26.9. The molecule has 44 heavy (non-hydrogen) atoms. The average Bonchev–Trinajstić information content (AvgIpc) is 3.60. The van der Waals surface area contributed by atoms with Crippen molar-refractivity contribution in [3.63, 3.8) is 0 Å². The largest absolute Gasteiger partial charge is 0.396 e. The Morgan fingerprint density at radius 2 is 1.66 bits per heavy atom. The number of fused-ring (bicyclic) bond motifs is 1. The van der Waals surface area contributed by atoms with E-state index in [-0.39, 0.29) is 34.4 Å². The summed E-state index contributed by atoms with van der Waals surface area (Å²) in [6.07, 6.45) is 6.10. The number of aliphatic hydroxyl groups is 1. The average molecular weight is 681 g/mol. The van der Waals surface area contributed by atoms with E-state index in [1.165, 1.54) is 0 Å². The van der Waals surface area contributed by atoms with Crippen LogP contribution >= 0.6 is 27.7 Å². The van der Waals surface area contributed by atoms with Crippen molar-refractivity contribution in [1.82, 2.24) is 4.90 Å².